The second-order valence-electron chi connectivity index (χ2n) is 6.16. The first-order chi connectivity index (χ1) is 10.2. The zero-order chi connectivity index (χ0) is 16.3. The van der Waals surface area contributed by atoms with Gasteiger partial charge in [0.05, 0.1) is 6.04 Å². The van der Waals surface area contributed by atoms with Gasteiger partial charge in [0.25, 0.3) is 5.79 Å². The summed E-state index contributed by atoms with van der Waals surface area (Å²) in [4.78, 5) is 12.8. The van der Waals surface area contributed by atoms with Gasteiger partial charge in [-0.05, 0) is 36.6 Å². The minimum atomic E-state index is -2.88. The maximum absolute atomic E-state index is 13.5. The Morgan fingerprint density at radius 3 is 2.45 bits per heavy atom. The lowest BCUT2D eigenvalue weighted by Gasteiger charge is -2.33. The summed E-state index contributed by atoms with van der Waals surface area (Å²) in [6, 6.07) is 2.25. The summed E-state index contributed by atoms with van der Waals surface area (Å²) in [6.45, 7) is 2.53. The Balaban J connectivity index is 1.98. The Morgan fingerprint density at radius 2 is 1.95 bits per heavy atom. The lowest BCUT2D eigenvalue weighted by atomic mass is 9.92. The summed E-state index contributed by atoms with van der Waals surface area (Å²) in [5.74, 6) is -6.35. The molecule has 1 saturated heterocycles. The molecular formula is C15H17F2NO4. The third-order valence-corrected chi connectivity index (χ3v) is 4.96. The molecule has 2 fully saturated rings. The van der Waals surface area contributed by atoms with Crippen LogP contribution >= 0.6 is 0 Å². The molecule has 3 N–H and O–H groups in total. The number of nitrogens with zero attached hydrogens (tertiary/aromatic N) is 1. The summed E-state index contributed by atoms with van der Waals surface area (Å²) >= 11 is 0. The fourth-order valence-electron chi connectivity index (χ4n) is 3.88. The molecule has 1 aromatic rings. The number of benzene rings is 1. The maximum Gasteiger partial charge on any atom is 0.365 e. The minimum absolute atomic E-state index is 0.345. The second kappa shape index (κ2) is 4.71. The number of likely N-dealkylation sites (N-methyl/N-ethyl adjacent to an activating group) is 1. The first-order valence-corrected chi connectivity index (χ1v) is 7.11. The van der Waals surface area contributed by atoms with Crippen molar-refractivity contribution in [3.8, 4) is 0 Å². The molecule has 5 nitrogen and oxygen atoms in total. The van der Waals surface area contributed by atoms with Gasteiger partial charge in [-0.1, -0.05) is 6.92 Å². The molecule has 1 heterocycles. The molecular weight excluding hydrogens is 296 g/mol. The van der Waals surface area contributed by atoms with Crippen molar-refractivity contribution in [2.24, 2.45) is 5.92 Å². The number of carbonyl (C=O) groups is 1. The molecule has 0 aromatic heterocycles. The number of fused-ring (bicyclic) bond motifs is 1. The first-order valence-electron chi connectivity index (χ1n) is 7.11. The van der Waals surface area contributed by atoms with E-state index in [1.54, 1.807) is 11.8 Å². The van der Waals surface area contributed by atoms with Crippen LogP contribution in [0.25, 0.3) is 0 Å². The van der Waals surface area contributed by atoms with Gasteiger partial charge >= 0.3 is 5.97 Å². The van der Waals surface area contributed by atoms with Crippen LogP contribution in [0.1, 0.15) is 18.9 Å². The zero-order valence-electron chi connectivity index (χ0n) is 12.0. The Hall–Kier alpha value is -1.57. The van der Waals surface area contributed by atoms with E-state index in [1.807, 2.05) is 0 Å². The van der Waals surface area contributed by atoms with Crippen molar-refractivity contribution in [1.29, 1.82) is 0 Å². The maximum atomic E-state index is 13.5. The molecule has 0 radical (unpaired) electrons. The summed E-state index contributed by atoms with van der Waals surface area (Å²) < 4.78 is 26.9. The first kappa shape index (κ1) is 15.3. The Kier molecular flexibility index (Phi) is 3.28. The highest BCUT2D eigenvalue weighted by atomic mass is 19.1. The summed E-state index contributed by atoms with van der Waals surface area (Å²) in [7, 11) is 0. The zero-order valence-corrected chi connectivity index (χ0v) is 12.0. The van der Waals surface area contributed by atoms with Crippen LogP contribution < -0.4 is 0 Å². The van der Waals surface area contributed by atoms with Gasteiger partial charge in [-0.3, -0.25) is 4.90 Å². The number of likely N-dealkylation sites (tertiary alicyclic amines) is 1. The van der Waals surface area contributed by atoms with Crippen LogP contribution in [-0.2, 0) is 10.2 Å². The van der Waals surface area contributed by atoms with E-state index in [2.05, 4.69) is 0 Å². The second-order valence-corrected chi connectivity index (χ2v) is 6.16. The third kappa shape index (κ3) is 2.04. The Labute approximate surface area is 125 Å². The molecule has 1 aliphatic carbocycles. The van der Waals surface area contributed by atoms with Crippen molar-refractivity contribution in [2.75, 3.05) is 13.1 Å². The summed E-state index contributed by atoms with van der Waals surface area (Å²) in [5.41, 5.74) is -0.174. The topological polar surface area (TPSA) is 81.0 Å². The van der Waals surface area contributed by atoms with Gasteiger partial charge < -0.3 is 15.3 Å². The lowest BCUT2D eigenvalue weighted by Crippen LogP contribution is -2.56. The normalized spacial score (nSPS) is 31.1. The molecule has 1 aromatic carbocycles. The highest BCUT2D eigenvalue weighted by Crippen LogP contribution is 2.63. The molecule has 22 heavy (non-hydrogen) atoms. The molecule has 0 amide bonds. The summed E-state index contributed by atoms with van der Waals surface area (Å²) in [5, 5.41) is 28.9. The average Bonchev–Trinajstić information content (AvgIpc) is 3.03. The van der Waals surface area contributed by atoms with Gasteiger partial charge in [-0.2, -0.15) is 0 Å². The molecule has 0 bridgehead atoms. The molecule has 1 saturated carbocycles. The van der Waals surface area contributed by atoms with Crippen molar-refractivity contribution in [3.05, 3.63) is 35.4 Å². The Morgan fingerprint density at radius 1 is 1.36 bits per heavy atom. The van der Waals surface area contributed by atoms with Crippen molar-refractivity contribution in [2.45, 2.75) is 30.6 Å². The SMILES string of the molecule is CCN1C[C@@]2(c3cc(F)cc(F)c3)C[C@H]2C1C(O)(O)C(=O)O. The van der Waals surface area contributed by atoms with E-state index in [-0.39, 0.29) is 5.92 Å². The number of piperidine rings is 1. The number of carboxylic acid groups (broad SMARTS) is 1. The molecule has 1 aliphatic heterocycles. The molecule has 7 heteroatoms. The highest BCUT2D eigenvalue weighted by Gasteiger charge is 2.71. The number of rotatable bonds is 4. The molecule has 0 spiro atoms. The van der Waals surface area contributed by atoms with Gasteiger partial charge in [0.1, 0.15) is 11.6 Å². The average molecular weight is 313 g/mol. The minimum Gasteiger partial charge on any atom is -0.477 e. The molecule has 120 valence electrons. The highest BCUT2D eigenvalue weighted by molar-refractivity contribution is 5.76. The lowest BCUT2D eigenvalue weighted by molar-refractivity contribution is -0.225. The van der Waals surface area contributed by atoms with Crippen LogP contribution in [0.5, 0.6) is 0 Å². The van der Waals surface area contributed by atoms with E-state index in [0.29, 0.717) is 25.1 Å². The Bertz CT molecular complexity index is 616. The molecule has 1 unspecified atom stereocenters. The predicted octanol–water partition coefficient (Wildman–Crippen LogP) is 0.692. The van der Waals surface area contributed by atoms with Gasteiger partial charge in [-0.15, -0.1) is 0 Å². The number of halogens is 2. The number of aliphatic hydroxyl groups is 2. The van der Waals surface area contributed by atoms with E-state index in [1.165, 1.54) is 12.1 Å². The van der Waals surface area contributed by atoms with E-state index in [0.717, 1.165) is 6.07 Å². The van der Waals surface area contributed by atoms with Crippen molar-refractivity contribution < 1.29 is 28.9 Å². The van der Waals surface area contributed by atoms with E-state index < -0.39 is 34.8 Å². The van der Waals surface area contributed by atoms with Gasteiger partial charge in [0.2, 0.25) is 0 Å². The molecule has 2 aliphatic rings. The number of hydrogen-bond donors (Lipinski definition) is 3. The van der Waals surface area contributed by atoms with Crippen LogP contribution in [0.15, 0.2) is 18.2 Å². The smallest absolute Gasteiger partial charge is 0.365 e. The van der Waals surface area contributed by atoms with Crippen LogP contribution in [-0.4, -0.2) is 51.1 Å². The quantitative estimate of drug-likeness (QED) is 0.713. The van der Waals surface area contributed by atoms with Crippen LogP contribution in [0.2, 0.25) is 0 Å². The number of carboxylic acids is 1. The number of aliphatic carboxylic acids is 1. The number of hydrogen-bond acceptors (Lipinski definition) is 4. The fraction of sp³-hybridized carbons (Fsp3) is 0.533. The largest absolute Gasteiger partial charge is 0.477 e. The van der Waals surface area contributed by atoms with Gasteiger partial charge in [-0.25, -0.2) is 13.6 Å². The van der Waals surface area contributed by atoms with Crippen molar-refractivity contribution >= 4 is 5.97 Å². The van der Waals surface area contributed by atoms with Crippen molar-refractivity contribution in [3.63, 3.8) is 0 Å². The van der Waals surface area contributed by atoms with E-state index in [9.17, 15) is 23.8 Å². The molecule has 3 atom stereocenters. The van der Waals surface area contributed by atoms with Gasteiger partial charge in [0, 0.05) is 18.0 Å². The van der Waals surface area contributed by atoms with Crippen LogP contribution in [0.3, 0.4) is 0 Å². The van der Waals surface area contributed by atoms with Crippen molar-refractivity contribution in [1.82, 2.24) is 4.90 Å². The van der Waals surface area contributed by atoms with Crippen LogP contribution in [0.4, 0.5) is 8.78 Å². The standard InChI is InChI=1S/C15H17F2NO4/c1-2-18-7-14(8-3-9(16)5-10(17)4-8)6-11(14)12(18)15(21,22)13(19)20/h3-5,11-12,21-22H,2,6-7H2,1H3,(H,19,20)/t11-,12?,14+/m0/s1. The third-order valence-electron chi connectivity index (χ3n) is 4.96. The van der Waals surface area contributed by atoms with Gasteiger partial charge in [0.15, 0.2) is 0 Å². The monoisotopic (exact) mass is 313 g/mol. The van der Waals surface area contributed by atoms with E-state index >= 15 is 0 Å². The summed E-state index contributed by atoms with van der Waals surface area (Å²) in [6.07, 6.45) is 0.479. The van der Waals surface area contributed by atoms with E-state index in [4.69, 9.17) is 5.11 Å². The fourth-order valence-corrected chi connectivity index (χ4v) is 3.88. The predicted molar refractivity (Wildman–Crippen MR) is 72.0 cm³/mol. The molecule has 3 rings (SSSR count). The van der Waals surface area contributed by atoms with Crippen LogP contribution in [0, 0.1) is 17.6 Å².